The third-order valence-electron chi connectivity index (χ3n) is 6.40. The number of benzene rings is 2. The molecule has 0 bridgehead atoms. The number of carbonyl (C=O) groups is 2. The summed E-state index contributed by atoms with van der Waals surface area (Å²) in [5, 5.41) is 11.1. The topological polar surface area (TPSA) is 91.8 Å². The molecule has 39 heavy (non-hydrogen) atoms. The molecule has 1 aromatic heterocycles. The number of aryl methyl sites for hydroxylation is 1. The van der Waals surface area contributed by atoms with Crippen LogP contribution in [0.2, 0.25) is 0 Å². The Kier molecular flexibility index (Phi) is 10.3. The fraction of sp³-hybridized carbons (Fsp3) is 0.414. The van der Waals surface area contributed by atoms with Crippen LogP contribution in [0, 0.1) is 12.8 Å². The molecule has 4 rings (SSSR count). The Morgan fingerprint density at radius 1 is 1.13 bits per heavy atom. The highest BCUT2D eigenvalue weighted by atomic mass is 19.4. The van der Waals surface area contributed by atoms with Crippen molar-refractivity contribution in [2.75, 3.05) is 25.0 Å². The minimum atomic E-state index is -5.08. The Labute approximate surface area is 226 Å². The molecule has 1 aliphatic heterocycles. The van der Waals surface area contributed by atoms with E-state index in [1.54, 1.807) is 6.20 Å². The number of likely N-dealkylation sites (tertiary alicyclic amines) is 1. The lowest BCUT2D eigenvalue weighted by Crippen LogP contribution is -2.39. The molecule has 3 aromatic rings. The Balaban J connectivity index is 0.000000532. The molecule has 2 heterocycles. The van der Waals surface area contributed by atoms with Gasteiger partial charge in [-0.15, -0.1) is 0 Å². The van der Waals surface area contributed by atoms with Crippen molar-refractivity contribution in [1.29, 1.82) is 0 Å². The molecule has 0 aliphatic carbocycles. The molecule has 10 heteroatoms. The van der Waals surface area contributed by atoms with Crippen LogP contribution in [0.5, 0.6) is 5.75 Å². The molecule has 210 valence electrons. The Morgan fingerprint density at radius 3 is 2.46 bits per heavy atom. The Bertz CT molecular complexity index is 1270. The van der Waals surface area contributed by atoms with E-state index in [1.165, 1.54) is 13.0 Å². The average Bonchev–Trinajstić information content (AvgIpc) is 2.89. The van der Waals surface area contributed by atoms with Crippen molar-refractivity contribution in [2.45, 2.75) is 52.3 Å². The number of anilines is 1. The molecular weight excluding hydrogens is 511 g/mol. The number of aliphatic carboxylic acids is 1. The predicted octanol–water partition coefficient (Wildman–Crippen LogP) is 6.32. The smallest absolute Gasteiger partial charge is 0.490 e. The number of alkyl halides is 3. The molecule has 7 nitrogen and oxygen atoms in total. The van der Waals surface area contributed by atoms with Crippen LogP contribution in [0.15, 0.2) is 54.7 Å². The molecule has 0 unspecified atom stereocenters. The van der Waals surface area contributed by atoms with E-state index in [1.807, 2.05) is 48.5 Å². The van der Waals surface area contributed by atoms with Crippen molar-refractivity contribution in [3.05, 3.63) is 65.9 Å². The van der Waals surface area contributed by atoms with Crippen LogP contribution in [0.1, 0.15) is 49.0 Å². The van der Waals surface area contributed by atoms with E-state index in [9.17, 15) is 18.0 Å². The minimum Gasteiger partial charge on any atom is -0.490 e. The largest absolute Gasteiger partial charge is 0.490 e. The number of fused-ring (bicyclic) bond motifs is 1. The maximum atomic E-state index is 12.8. The number of nitrogens with one attached hydrogen (secondary N) is 1. The van der Waals surface area contributed by atoms with E-state index in [0.29, 0.717) is 5.56 Å². The quantitative estimate of drug-likeness (QED) is 0.361. The first-order valence-corrected chi connectivity index (χ1v) is 12.9. The van der Waals surface area contributed by atoms with Crippen LogP contribution in [-0.4, -0.2) is 58.8 Å². The third-order valence-corrected chi connectivity index (χ3v) is 6.40. The molecule has 0 radical (unpaired) electrons. The summed E-state index contributed by atoms with van der Waals surface area (Å²) in [4.78, 5) is 28.6. The van der Waals surface area contributed by atoms with E-state index in [-0.39, 0.29) is 12.0 Å². The van der Waals surface area contributed by atoms with Crippen molar-refractivity contribution in [1.82, 2.24) is 9.88 Å². The summed E-state index contributed by atoms with van der Waals surface area (Å²) >= 11 is 0. The van der Waals surface area contributed by atoms with Crippen molar-refractivity contribution >= 4 is 28.5 Å². The van der Waals surface area contributed by atoms with Crippen LogP contribution in [0.25, 0.3) is 10.9 Å². The van der Waals surface area contributed by atoms with Gasteiger partial charge in [-0.2, -0.15) is 13.2 Å². The van der Waals surface area contributed by atoms with Gasteiger partial charge in [-0.1, -0.05) is 26.0 Å². The van der Waals surface area contributed by atoms with Crippen molar-refractivity contribution in [2.24, 2.45) is 5.92 Å². The number of nitrogens with zero attached hydrogens (tertiary/aromatic N) is 2. The highest BCUT2D eigenvalue weighted by Gasteiger charge is 2.38. The highest BCUT2D eigenvalue weighted by Crippen LogP contribution is 2.27. The summed E-state index contributed by atoms with van der Waals surface area (Å²) in [6.45, 7) is 9.96. The molecule has 2 aromatic carbocycles. The predicted molar refractivity (Wildman–Crippen MR) is 144 cm³/mol. The maximum absolute atomic E-state index is 12.8. The van der Waals surface area contributed by atoms with E-state index in [4.69, 9.17) is 14.6 Å². The fourth-order valence-electron chi connectivity index (χ4n) is 4.10. The molecule has 1 fully saturated rings. The summed E-state index contributed by atoms with van der Waals surface area (Å²) in [7, 11) is 0. The van der Waals surface area contributed by atoms with Gasteiger partial charge in [-0.3, -0.25) is 9.78 Å². The molecule has 2 N–H and O–H groups in total. The number of amides is 1. The summed E-state index contributed by atoms with van der Waals surface area (Å²) < 4.78 is 38.1. The lowest BCUT2D eigenvalue weighted by molar-refractivity contribution is -0.192. The van der Waals surface area contributed by atoms with Gasteiger partial charge in [0.1, 0.15) is 11.9 Å². The zero-order chi connectivity index (χ0) is 28.6. The molecule has 1 aliphatic rings. The van der Waals surface area contributed by atoms with Crippen molar-refractivity contribution in [3.63, 3.8) is 0 Å². The first kappa shape index (κ1) is 29.9. The van der Waals surface area contributed by atoms with E-state index in [2.05, 4.69) is 36.0 Å². The number of ether oxygens (including phenoxy) is 1. The standard InChI is InChI=1S/C27H33N3O2.C2HF3O2/c1-19(2)10-14-30-15-11-24(12-16-30)32-26-18-23(8-6-20(26)3)29-27(31)22-7-9-25-21(17-22)5-4-13-28-25;3-2(4,5)1(6)7/h4-9,13,17-19,24H,10-12,14-16H2,1-3H3,(H,29,31);(H,6,7). The van der Waals surface area contributed by atoms with Crippen LogP contribution in [-0.2, 0) is 4.79 Å². The molecule has 0 saturated carbocycles. The summed E-state index contributed by atoms with van der Waals surface area (Å²) in [5.74, 6) is -1.29. The van der Waals surface area contributed by atoms with Gasteiger partial charge in [0.2, 0.25) is 0 Å². The first-order valence-electron chi connectivity index (χ1n) is 12.9. The van der Waals surface area contributed by atoms with Crippen LogP contribution < -0.4 is 10.1 Å². The number of pyridine rings is 1. The zero-order valence-corrected chi connectivity index (χ0v) is 22.3. The van der Waals surface area contributed by atoms with Gasteiger partial charge in [0, 0.05) is 42.0 Å². The number of piperidine rings is 1. The fourth-order valence-corrected chi connectivity index (χ4v) is 4.10. The molecule has 0 atom stereocenters. The van der Waals surface area contributed by atoms with Crippen LogP contribution in [0.3, 0.4) is 0 Å². The van der Waals surface area contributed by atoms with Gasteiger partial charge in [-0.05, 0) is 74.5 Å². The number of hydrogen-bond donors (Lipinski definition) is 2. The van der Waals surface area contributed by atoms with Gasteiger partial charge >= 0.3 is 12.1 Å². The zero-order valence-electron chi connectivity index (χ0n) is 22.3. The summed E-state index contributed by atoms with van der Waals surface area (Å²) in [6.07, 6.45) is 0.229. The van der Waals surface area contributed by atoms with Crippen molar-refractivity contribution < 1.29 is 32.6 Å². The molecule has 0 spiro atoms. The van der Waals surface area contributed by atoms with Crippen molar-refractivity contribution in [3.8, 4) is 5.75 Å². The van der Waals surface area contributed by atoms with Crippen LogP contribution >= 0.6 is 0 Å². The Morgan fingerprint density at radius 2 is 1.82 bits per heavy atom. The molecular formula is C29H34F3N3O4. The third kappa shape index (κ3) is 9.24. The Hall–Kier alpha value is -3.66. The number of hydrogen-bond acceptors (Lipinski definition) is 5. The van der Waals surface area contributed by atoms with Gasteiger partial charge in [-0.25, -0.2) is 4.79 Å². The summed E-state index contributed by atoms with van der Waals surface area (Å²) in [5.41, 5.74) is 3.32. The number of aromatic nitrogens is 1. The molecule has 1 amide bonds. The SMILES string of the molecule is Cc1ccc(NC(=O)c2ccc3ncccc3c2)cc1OC1CCN(CCC(C)C)CC1.O=C(O)C(F)(F)F. The first-order chi connectivity index (χ1) is 18.4. The number of carboxylic acid groups (broad SMARTS) is 1. The number of carbonyl (C=O) groups excluding carboxylic acids is 1. The lowest BCUT2D eigenvalue weighted by Gasteiger charge is -2.32. The van der Waals surface area contributed by atoms with Gasteiger partial charge in [0.15, 0.2) is 0 Å². The number of rotatable bonds is 7. The van der Waals surface area contributed by atoms with Gasteiger partial charge in [0.25, 0.3) is 5.91 Å². The van der Waals surface area contributed by atoms with Crippen LogP contribution in [0.4, 0.5) is 18.9 Å². The highest BCUT2D eigenvalue weighted by molar-refractivity contribution is 6.06. The second-order valence-corrected chi connectivity index (χ2v) is 9.99. The summed E-state index contributed by atoms with van der Waals surface area (Å²) in [6, 6.07) is 15.3. The van der Waals surface area contributed by atoms with E-state index in [0.717, 1.165) is 59.8 Å². The van der Waals surface area contributed by atoms with E-state index >= 15 is 0 Å². The lowest BCUT2D eigenvalue weighted by atomic mass is 10.1. The number of carboxylic acids is 1. The monoisotopic (exact) mass is 545 g/mol. The normalized spacial score (nSPS) is 14.5. The average molecular weight is 546 g/mol. The maximum Gasteiger partial charge on any atom is 0.490 e. The minimum absolute atomic E-state index is 0.135. The van der Waals surface area contributed by atoms with E-state index < -0.39 is 12.1 Å². The number of halogens is 3. The van der Waals surface area contributed by atoms with Gasteiger partial charge < -0.3 is 20.1 Å². The second-order valence-electron chi connectivity index (χ2n) is 9.99. The second kappa shape index (κ2) is 13.4. The molecule has 1 saturated heterocycles. The van der Waals surface area contributed by atoms with Gasteiger partial charge in [0.05, 0.1) is 5.52 Å².